The summed E-state index contributed by atoms with van der Waals surface area (Å²) in [4.78, 5) is 0. The number of aromatic nitrogens is 2. The largest absolute Gasteiger partial charge is 0.362 e. The molecule has 0 amide bonds. The number of hydrogen-bond donors (Lipinski definition) is 2. The first-order chi connectivity index (χ1) is 9.67. The number of rotatable bonds is 5. The molecule has 0 saturated carbocycles. The second kappa shape index (κ2) is 7.00. The predicted molar refractivity (Wildman–Crippen MR) is 82.2 cm³/mol. The zero-order chi connectivity index (χ0) is 14.4. The lowest BCUT2D eigenvalue weighted by molar-refractivity contribution is 0.624. The molecular formula is C14H17FN4S. The van der Waals surface area contributed by atoms with Gasteiger partial charge in [-0.15, -0.1) is 0 Å². The molecule has 106 valence electrons. The minimum absolute atomic E-state index is 0.232. The van der Waals surface area contributed by atoms with Crippen LogP contribution in [0.1, 0.15) is 18.9 Å². The Morgan fingerprint density at radius 2 is 2.10 bits per heavy atom. The van der Waals surface area contributed by atoms with Crippen LogP contribution < -0.4 is 10.6 Å². The van der Waals surface area contributed by atoms with E-state index in [1.165, 1.54) is 12.1 Å². The predicted octanol–water partition coefficient (Wildman–Crippen LogP) is 2.77. The molecule has 0 aliphatic carbocycles. The van der Waals surface area contributed by atoms with Crippen LogP contribution in [0.25, 0.3) is 0 Å². The Balaban J connectivity index is 1.91. The minimum Gasteiger partial charge on any atom is -0.362 e. The van der Waals surface area contributed by atoms with E-state index in [-0.39, 0.29) is 5.82 Å². The highest BCUT2D eigenvalue weighted by Gasteiger charge is 2.02. The molecule has 0 unspecified atom stereocenters. The molecule has 2 N–H and O–H groups in total. The Hall–Kier alpha value is -1.95. The summed E-state index contributed by atoms with van der Waals surface area (Å²) in [6.45, 7) is 3.52. The fourth-order valence-corrected chi connectivity index (χ4v) is 1.93. The Morgan fingerprint density at radius 1 is 1.35 bits per heavy atom. The van der Waals surface area contributed by atoms with Gasteiger partial charge in [0.25, 0.3) is 0 Å². The lowest BCUT2D eigenvalue weighted by Crippen LogP contribution is -2.28. The molecule has 1 aromatic heterocycles. The summed E-state index contributed by atoms with van der Waals surface area (Å²) < 4.78 is 14.6. The highest BCUT2D eigenvalue weighted by molar-refractivity contribution is 7.80. The van der Waals surface area contributed by atoms with Gasteiger partial charge in [0.05, 0.1) is 18.4 Å². The van der Waals surface area contributed by atoms with E-state index in [0.29, 0.717) is 11.7 Å². The zero-order valence-electron chi connectivity index (χ0n) is 11.3. The molecular weight excluding hydrogens is 275 g/mol. The lowest BCUT2D eigenvalue weighted by atomic mass is 10.2. The van der Waals surface area contributed by atoms with Crippen molar-refractivity contribution in [2.45, 2.75) is 19.9 Å². The van der Waals surface area contributed by atoms with Gasteiger partial charge in [-0.25, -0.2) is 4.39 Å². The highest BCUT2D eigenvalue weighted by Crippen LogP contribution is 2.08. The number of anilines is 1. The molecule has 0 saturated heterocycles. The number of hydrogen-bond acceptors (Lipinski definition) is 2. The van der Waals surface area contributed by atoms with Crippen LogP contribution >= 0.6 is 12.2 Å². The van der Waals surface area contributed by atoms with Crippen molar-refractivity contribution in [3.8, 4) is 0 Å². The Labute approximate surface area is 123 Å². The number of nitrogens with one attached hydrogen (secondary N) is 2. The highest BCUT2D eigenvalue weighted by atomic mass is 32.1. The molecule has 0 aliphatic rings. The first-order valence-corrected chi connectivity index (χ1v) is 6.90. The average Bonchev–Trinajstić information content (AvgIpc) is 2.86. The Morgan fingerprint density at radius 3 is 2.80 bits per heavy atom. The Bertz CT molecular complexity index is 565. The standard InChI is InChI=1S/C14H17FN4S/c1-2-7-16-14(20)18-13-8-17-19(10-13)9-11-3-5-12(15)6-4-11/h3-6,8,10H,2,7,9H2,1H3,(H2,16,18,20). The van der Waals surface area contributed by atoms with Gasteiger partial charge in [-0.3, -0.25) is 4.68 Å². The molecule has 0 spiro atoms. The van der Waals surface area contributed by atoms with E-state index < -0.39 is 0 Å². The van der Waals surface area contributed by atoms with Crippen LogP contribution in [0, 0.1) is 5.82 Å². The maximum absolute atomic E-state index is 12.8. The van der Waals surface area contributed by atoms with Gasteiger partial charge in [-0.1, -0.05) is 19.1 Å². The van der Waals surface area contributed by atoms with E-state index in [2.05, 4.69) is 22.7 Å². The van der Waals surface area contributed by atoms with Crippen LogP contribution in [0.3, 0.4) is 0 Å². The van der Waals surface area contributed by atoms with Gasteiger partial charge in [0, 0.05) is 12.7 Å². The molecule has 2 aromatic rings. The molecule has 0 radical (unpaired) electrons. The molecule has 0 fully saturated rings. The fourth-order valence-electron chi connectivity index (χ4n) is 1.71. The van der Waals surface area contributed by atoms with Crippen molar-refractivity contribution in [1.29, 1.82) is 0 Å². The molecule has 2 rings (SSSR count). The van der Waals surface area contributed by atoms with Crippen molar-refractivity contribution >= 4 is 23.0 Å². The molecule has 4 nitrogen and oxygen atoms in total. The van der Waals surface area contributed by atoms with Crippen molar-refractivity contribution < 1.29 is 4.39 Å². The number of benzene rings is 1. The normalized spacial score (nSPS) is 10.3. The first kappa shape index (κ1) is 14.5. The summed E-state index contributed by atoms with van der Waals surface area (Å²) >= 11 is 5.15. The number of nitrogens with zero attached hydrogens (tertiary/aromatic N) is 2. The molecule has 1 aromatic carbocycles. The van der Waals surface area contributed by atoms with E-state index in [1.807, 2.05) is 6.20 Å². The molecule has 0 atom stereocenters. The Kier molecular flexibility index (Phi) is 5.06. The third kappa shape index (κ3) is 4.31. The zero-order valence-corrected chi connectivity index (χ0v) is 12.1. The van der Waals surface area contributed by atoms with Crippen molar-refractivity contribution in [1.82, 2.24) is 15.1 Å². The van der Waals surface area contributed by atoms with Crippen LogP contribution in [0.2, 0.25) is 0 Å². The second-order valence-electron chi connectivity index (χ2n) is 4.43. The molecule has 20 heavy (non-hydrogen) atoms. The summed E-state index contributed by atoms with van der Waals surface area (Å²) in [5.74, 6) is -0.232. The quantitative estimate of drug-likeness (QED) is 0.832. The molecule has 0 aliphatic heterocycles. The van der Waals surface area contributed by atoms with Crippen molar-refractivity contribution in [2.24, 2.45) is 0 Å². The van der Waals surface area contributed by atoms with E-state index in [9.17, 15) is 4.39 Å². The van der Waals surface area contributed by atoms with Crippen molar-refractivity contribution in [3.63, 3.8) is 0 Å². The smallest absolute Gasteiger partial charge is 0.170 e. The molecule has 0 bridgehead atoms. The van der Waals surface area contributed by atoms with Gasteiger partial charge in [0.1, 0.15) is 5.82 Å². The fraction of sp³-hybridized carbons (Fsp3) is 0.286. The van der Waals surface area contributed by atoms with E-state index in [4.69, 9.17) is 12.2 Å². The van der Waals surface area contributed by atoms with Crippen LogP contribution in [0.5, 0.6) is 0 Å². The van der Waals surface area contributed by atoms with Crippen LogP contribution in [-0.4, -0.2) is 21.4 Å². The second-order valence-corrected chi connectivity index (χ2v) is 4.84. The first-order valence-electron chi connectivity index (χ1n) is 6.49. The van der Waals surface area contributed by atoms with Crippen LogP contribution in [-0.2, 0) is 6.54 Å². The number of halogens is 1. The maximum atomic E-state index is 12.8. The third-order valence-corrected chi connectivity index (χ3v) is 2.93. The van der Waals surface area contributed by atoms with Gasteiger partial charge >= 0.3 is 0 Å². The van der Waals surface area contributed by atoms with Crippen molar-refractivity contribution in [2.75, 3.05) is 11.9 Å². The van der Waals surface area contributed by atoms with Crippen LogP contribution in [0.15, 0.2) is 36.7 Å². The lowest BCUT2D eigenvalue weighted by Gasteiger charge is -2.07. The maximum Gasteiger partial charge on any atom is 0.170 e. The summed E-state index contributed by atoms with van der Waals surface area (Å²) in [7, 11) is 0. The summed E-state index contributed by atoms with van der Waals surface area (Å²) in [6.07, 6.45) is 4.60. The minimum atomic E-state index is -0.232. The third-order valence-electron chi connectivity index (χ3n) is 2.68. The summed E-state index contributed by atoms with van der Waals surface area (Å²) in [5.41, 5.74) is 1.83. The number of thiocarbonyl (C=S) groups is 1. The van der Waals surface area contributed by atoms with E-state index >= 15 is 0 Å². The van der Waals surface area contributed by atoms with Gasteiger partial charge in [0.2, 0.25) is 0 Å². The van der Waals surface area contributed by atoms with Gasteiger partial charge < -0.3 is 10.6 Å². The summed E-state index contributed by atoms with van der Waals surface area (Å²) in [5, 5.41) is 11.0. The SMILES string of the molecule is CCCNC(=S)Nc1cnn(Cc2ccc(F)cc2)c1. The van der Waals surface area contributed by atoms with E-state index in [0.717, 1.165) is 24.2 Å². The monoisotopic (exact) mass is 292 g/mol. The van der Waals surface area contributed by atoms with Gasteiger partial charge in [-0.2, -0.15) is 5.10 Å². The van der Waals surface area contributed by atoms with Gasteiger partial charge in [0.15, 0.2) is 5.11 Å². The molecule has 6 heteroatoms. The van der Waals surface area contributed by atoms with Crippen LogP contribution in [0.4, 0.5) is 10.1 Å². The van der Waals surface area contributed by atoms with Gasteiger partial charge in [-0.05, 0) is 36.3 Å². The van der Waals surface area contributed by atoms with E-state index in [1.54, 1.807) is 23.0 Å². The summed E-state index contributed by atoms with van der Waals surface area (Å²) in [6, 6.07) is 6.39. The van der Waals surface area contributed by atoms with Crippen molar-refractivity contribution in [3.05, 3.63) is 48.0 Å². The topological polar surface area (TPSA) is 41.9 Å². The molecule has 1 heterocycles. The average molecular weight is 292 g/mol.